The van der Waals surface area contributed by atoms with Crippen LogP contribution in [0.3, 0.4) is 0 Å². The third-order valence-corrected chi connectivity index (χ3v) is 14.1. The Balaban J connectivity index is 0.00000128. The van der Waals surface area contributed by atoms with Gasteiger partial charge in [-0.05, 0) is 0 Å². The fourth-order valence-electron chi connectivity index (χ4n) is 2.06. The van der Waals surface area contributed by atoms with E-state index < -0.39 is 41.6 Å². The zero-order chi connectivity index (χ0) is 10.9. The summed E-state index contributed by atoms with van der Waals surface area (Å²) in [5, 5.41) is 0. The summed E-state index contributed by atoms with van der Waals surface area (Å²) in [5.41, 5.74) is 0. The molecular formula is C13H20SnZr. The molecule has 2 heteroatoms. The first kappa shape index (κ1) is 12.1. The molecule has 0 unspecified atom stereocenters. The molecular weight excluding hydrogens is 366 g/mol. The van der Waals surface area contributed by atoms with E-state index in [1.807, 2.05) is 6.87 Å². The molecule has 2 aliphatic carbocycles. The van der Waals surface area contributed by atoms with Crippen LogP contribution in [0.5, 0.6) is 0 Å². The predicted octanol–water partition coefficient (Wildman–Crippen LogP) is 4.23. The molecule has 0 aromatic rings. The molecule has 15 heavy (non-hydrogen) atoms. The topological polar surface area (TPSA) is 0 Å². The molecule has 0 nitrogen and oxygen atoms in total. The third-order valence-electron chi connectivity index (χ3n) is 2.82. The zero-order valence-corrected chi connectivity index (χ0v) is 15.1. The van der Waals surface area contributed by atoms with Crippen LogP contribution in [0, 0.1) is 0 Å². The van der Waals surface area contributed by atoms with Crippen molar-refractivity contribution in [2.45, 2.75) is 27.7 Å². The Kier molecular flexibility index (Phi) is 3.94. The van der Waals surface area contributed by atoms with Gasteiger partial charge in [-0.1, -0.05) is 0 Å². The summed E-state index contributed by atoms with van der Waals surface area (Å²) in [6.07, 6.45) is 14.3. The largest absolute Gasteiger partial charge is 1.00 e. The summed E-state index contributed by atoms with van der Waals surface area (Å²) in [7, 11) is 0. The average Bonchev–Trinajstić information content (AvgIpc) is 2.73. The Labute approximate surface area is 112 Å². The molecule has 0 fully saturated rings. The number of hydrogen-bond donors (Lipinski definition) is 0. The molecule has 0 aromatic heterocycles. The Hall–Kier alpha value is 0.642. The quantitative estimate of drug-likeness (QED) is 0.637. The first-order chi connectivity index (χ1) is 7.07. The van der Waals surface area contributed by atoms with Crippen LogP contribution in [0.15, 0.2) is 40.5 Å². The minimum Gasteiger partial charge on any atom is -1.00 e. The van der Waals surface area contributed by atoms with Crippen LogP contribution in [-0.4, -0.2) is 18.4 Å². The van der Waals surface area contributed by atoms with Crippen molar-refractivity contribution in [3.63, 3.8) is 0 Å². The number of rotatable bonds is 3. The SMILES string of the molecule is [CH3][Sn]([CH3])([CH3])[C]1=[C]([Zr+2][C]2=CC=CC2)CC=C1.[H-].[H-]. The molecule has 0 saturated carbocycles. The van der Waals surface area contributed by atoms with Crippen LogP contribution >= 0.6 is 0 Å². The van der Waals surface area contributed by atoms with E-state index in [9.17, 15) is 0 Å². The maximum absolute atomic E-state index is 2.54. The molecule has 0 N–H and O–H groups in total. The first-order valence-corrected chi connectivity index (χ1v) is 18.0. The number of allylic oxidation sites excluding steroid dienone is 8. The van der Waals surface area contributed by atoms with Gasteiger partial charge in [0.2, 0.25) is 0 Å². The van der Waals surface area contributed by atoms with E-state index >= 15 is 0 Å². The van der Waals surface area contributed by atoms with Crippen molar-refractivity contribution in [3.8, 4) is 0 Å². The van der Waals surface area contributed by atoms with Crippen molar-refractivity contribution in [1.29, 1.82) is 0 Å². The van der Waals surface area contributed by atoms with Gasteiger partial charge in [0.25, 0.3) is 0 Å². The molecule has 0 atom stereocenters. The molecule has 80 valence electrons. The van der Waals surface area contributed by atoms with Gasteiger partial charge in [-0.3, -0.25) is 0 Å². The minimum absolute atomic E-state index is 0. The van der Waals surface area contributed by atoms with Crippen molar-refractivity contribution in [3.05, 3.63) is 40.5 Å². The van der Waals surface area contributed by atoms with Crippen molar-refractivity contribution in [1.82, 2.24) is 0 Å². The average molecular weight is 386 g/mol. The minimum atomic E-state index is -1.80. The summed E-state index contributed by atoms with van der Waals surface area (Å²) < 4.78 is 5.49. The molecule has 0 spiro atoms. The van der Waals surface area contributed by atoms with Gasteiger partial charge in [0.05, 0.1) is 0 Å². The Morgan fingerprint density at radius 2 is 2.00 bits per heavy atom. The third kappa shape index (κ3) is 3.06. The van der Waals surface area contributed by atoms with Gasteiger partial charge in [0.1, 0.15) is 0 Å². The Morgan fingerprint density at radius 1 is 1.20 bits per heavy atom. The van der Waals surface area contributed by atoms with Crippen molar-refractivity contribution >= 4 is 18.4 Å². The van der Waals surface area contributed by atoms with Gasteiger partial charge in [-0.15, -0.1) is 0 Å². The summed E-state index contributed by atoms with van der Waals surface area (Å²) in [6.45, 7) is 0. The predicted molar refractivity (Wildman–Crippen MR) is 68.2 cm³/mol. The molecule has 0 bridgehead atoms. The van der Waals surface area contributed by atoms with Crippen LogP contribution in [0.1, 0.15) is 15.7 Å². The summed E-state index contributed by atoms with van der Waals surface area (Å²) in [4.78, 5) is 7.63. The molecule has 2 rings (SSSR count). The van der Waals surface area contributed by atoms with E-state index in [1.54, 1.807) is 3.28 Å². The summed E-state index contributed by atoms with van der Waals surface area (Å²) in [6, 6.07) is 0. The Morgan fingerprint density at radius 3 is 2.60 bits per heavy atom. The second-order valence-corrected chi connectivity index (χ2v) is 23.3. The van der Waals surface area contributed by atoms with Gasteiger partial charge in [0.15, 0.2) is 0 Å². The molecule has 0 heterocycles. The van der Waals surface area contributed by atoms with Crippen LogP contribution in [-0.2, 0) is 23.2 Å². The van der Waals surface area contributed by atoms with E-state index in [0.717, 1.165) is 0 Å². The molecule has 0 saturated heterocycles. The van der Waals surface area contributed by atoms with Crippen molar-refractivity contribution < 1.29 is 26.1 Å². The van der Waals surface area contributed by atoms with Gasteiger partial charge in [0, 0.05) is 0 Å². The molecule has 0 aliphatic heterocycles. The van der Waals surface area contributed by atoms with E-state index in [0.29, 0.717) is 0 Å². The standard InChI is InChI=1S/C5H5.C5H4.3CH3.Sn.Zr.2H/c2*1-2-4-5-3-1;;;;;;;/h1-3H,4H2;1-2H,3H2;3*1H3;;;;/q;;;;;;+2;2*-1. The molecule has 0 aromatic carbocycles. The van der Waals surface area contributed by atoms with E-state index in [2.05, 4.69) is 45.2 Å². The van der Waals surface area contributed by atoms with Crippen molar-refractivity contribution in [2.75, 3.05) is 0 Å². The first-order valence-electron chi connectivity index (χ1n) is 5.60. The van der Waals surface area contributed by atoms with Gasteiger partial charge in [-0.2, -0.15) is 0 Å². The maximum atomic E-state index is 2.54. The van der Waals surface area contributed by atoms with Crippen LogP contribution in [0.2, 0.25) is 14.8 Å². The zero-order valence-electron chi connectivity index (χ0n) is 11.8. The fourth-order valence-corrected chi connectivity index (χ4v) is 16.9. The van der Waals surface area contributed by atoms with Gasteiger partial charge in [-0.25, -0.2) is 0 Å². The van der Waals surface area contributed by atoms with Crippen LogP contribution in [0.4, 0.5) is 0 Å². The normalized spacial score (nSPS) is 19.8. The van der Waals surface area contributed by atoms with Crippen molar-refractivity contribution in [2.24, 2.45) is 0 Å². The smallest absolute Gasteiger partial charge is 1.00 e. The van der Waals surface area contributed by atoms with Gasteiger partial charge < -0.3 is 2.85 Å². The van der Waals surface area contributed by atoms with E-state index in [4.69, 9.17) is 0 Å². The van der Waals surface area contributed by atoms with Crippen LogP contribution in [0.25, 0.3) is 0 Å². The Bertz CT molecular complexity index is 387. The second-order valence-electron chi connectivity index (χ2n) is 5.20. The van der Waals surface area contributed by atoms with Gasteiger partial charge >= 0.3 is 110 Å². The van der Waals surface area contributed by atoms with Crippen LogP contribution < -0.4 is 0 Å². The second kappa shape index (κ2) is 4.88. The summed E-state index contributed by atoms with van der Waals surface area (Å²) in [5.74, 6) is 0. The molecule has 0 radical (unpaired) electrons. The van der Waals surface area contributed by atoms with E-state index in [-0.39, 0.29) is 2.85 Å². The fraction of sp³-hybridized carbons (Fsp3) is 0.385. The summed E-state index contributed by atoms with van der Waals surface area (Å²) >= 11 is -2.19. The molecule has 0 amide bonds. The molecule has 2 aliphatic rings. The maximum Gasteiger partial charge on any atom is -1.00 e. The van der Waals surface area contributed by atoms with E-state index in [1.165, 1.54) is 12.8 Å². The monoisotopic (exact) mass is 386 g/mol. The number of hydrogen-bond acceptors (Lipinski definition) is 0.